The Morgan fingerprint density at radius 3 is 2.12 bits per heavy atom. The molecule has 0 aliphatic carbocycles. The minimum absolute atomic E-state index is 0.291. The molecule has 0 fully saturated rings. The second kappa shape index (κ2) is 16.6. The van der Waals surface area contributed by atoms with Gasteiger partial charge in [-0.15, -0.1) is 0 Å². The van der Waals surface area contributed by atoms with Gasteiger partial charge in [-0.2, -0.15) is 11.8 Å². The fourth-order valence-corrected chi connectivity index (χ4v) is 5.16. The second-order valence-electron chi connectivity index (χ2n) is 12.5. The van der Waals surface area contributed by atoms with Gasteiger partial charge in [0.25, 0.3) is 5.91 Å². The topological polar surface area (TPSA) is 97.0 Å². The first-order valence-corrected chi connectivity index (χ1v) is 16.4. The van der Waals surface area contributed by atoms with E-state index in [9.17, 15) is 14.4 Å². The first kappa shape index (κ1) is 36.0. The number of thioether (sulfide) groups is 1. The van der Waals surface area contributed by atoms with Gasteiger partial charge in [0, 0.05) is 11.7 Å². The molecular formula is C34H51N3O5S. The van der Waals surface area contributed by atoms with E-state index in [0.717, 1.165) is 17.5 Å². The predicted octanol–water partition coefficient (Wildman–Crippen LogP) is 7.29. The molecule has 2 aromatic rings. The zero-order chi connectivity index (χ0) is 32.3. The van der Waals surface area contributed by atoms with Crippen LogP contribution in [0.5, 0.6) is 5.75 Å². The minimum atomic E-state index is -0.937. The normalized spacial score (nSPS) is 13.6. The van der Waals surface area contributed by atoms with Crippen LogP contribution in [0.2, 0.25) is 0 Å². The van der Waals surface area contributed by atoms with Gasteiger partial charge in [-0.25, -0.2) is 4.79 Å². The number of carbonyl (C=O) groups is 3. The number of carbonyl (C=O) groups excluding carboxylic acids is 3. The summed E-state index contributed by atoms with van der Waals surface area (Å²) >= 11 is 1.59. The van der Waals surface area contributed by atoms with Crippen LogP contribution in [0.15, 0.2) is 42.5 Å². The number of nitrogens with one attached hydrogen (secondary N) is 2. The van der Waals surface area contributed by atoms with E-state index in [-0.39, 0.29) is 17.9 Å². The van der Waals surface area contributed by atoms with E-state index in [0.29, 0.717) is 41.5 Å². The Morgan fingerprint density at radius 1 is 0.930 bits per heavy atom. The average Bonchev–Trinajstić information content (AvgIpc) is 2.93. The zero-order valence-corrected chi connectivity index (χ0v) is 28.4. The molecule has 3 atom stereocenters. The van der Waals surface area contributed by atoms with E-state index in [2.05, 4.69) is 24.5 Å². The molecule has 2 aromatic carbocycles. The van der Waals surface area contributed by atoms with Crippen LogP contribution in [0, 0.1) is 19.8 Å². The maximum absolute atomic E-state index is 14.6. The van der Waals surface area contributed by atoms with Gasteiger partial charge in [0.15, 0.2) is 0 Å². The maximum atomic E-state index is 14.6. The molecule has 0 saturated carbocycles. The van der Waals surface area contributed by atoms with Crippen molar-refractivity contribution < 1.29 is 23.9 Å². The number of rotatable bonds is 14. The van der Waals surface area contributed by atoms with Gasteiger partial charge >= 0.3 is 6.09 Å². The highest BCUT2D eigenvalue weighted by molar-refractivity contribution is 7.98. The lowest BCUT2D eigenvalue weighted by Crippen LogP contribution is -2.55. The first-order valence-electron chi connectivity index (χ1n) is 15.0. The smallest absolute Gasteiger partial charge is 0.408 e. The van der Waals surface area contributed by atoms with Crippen LogP contribution >= 0.6 is 11.8 Å². The monoisotopic (exact) mass is 613 g/mol. The molecule has 8 nitrogen and oxygen atoms in total. The number of anilines is 1. The summed E-state index contributed by atoms with van der Waals surface area (Å²) in [5.74, 6) is 1.09. The Bertz CT molecular complexity index is 1210. The van der Waals surface area contributed by atoms with Crippen molar-refractivity contribution in [1.29, 1.82) is 0 Å². The molecule has 3 amide bonds. The van der Waals surface area contributed by atoms with E-state index < -0.39 is 23.8 Å². The summed E-state index contributed by atoms with van der Waals surface area (Å²) < 4.78 is 10.8. The summed E-state index contributed by atoms with van der Waals surface area (Å²) in [5, 5.41) is 5.86. The number of amides is 3. The zero-order valence-electron chi connectivity index (χ0n) is 27.6. The highest BCUT2D eigenvalue weighted by Gasteiger charge is 2.39. The Hall–Kier alpha value is -3.20. The third-order valence-corrected chi connectivity index (χ3v) is 7.87. The summed E-state index contributed by atoms with van der Waals surface area (Å²) in [6, 6.07) is 10.9. The van der Waals surface area contributed by atoms with Crippen LogP contribution in [-0.2, 0) is 14.3 Å². The van der Waals surface area contributed by atoms with Gasteiger partial charge in [-0.05, 0) is 120 Å². The Labute approximate surface area is 262 Å². The molecule has 0 saturated heterocycles. The second-order valence-corrected chi connectivity index (χ2v) is 13.5. The van der Waals surface area contributed by atoms with Gasteiger partial charge in [0.05, 0.1) is 7.11 Å². The summed E-state index contributed by atoms with van der Waals surface area (Å²) in [7, 11) is 1.59. The van der Waals surface area contributed by atoms with Crippen LogP contribution in [-0.4, -0.2) is 59.6 Å². The highest BCUT2D eigenvalue weighted by Crippen LogP contribution is 2.30. The van der Waals surface area contributed by atoms with Gasteiger partial charge in [-0.1, -0.05) is 32.0 Å². The third-order valence-electron chi connectivity index (χ3n) is 7.22. The third kappa shape index (κ3) is 11.4. The van der Waals surface area contributed by atoms with Crippen molar-refractivity contribution in [2.75, 3.05) is 24.4 Å². The van der Waals surface area contributed by atoms with Gasteiger partial charge in [-0.3, -0.25) is 9.59 Å². The highest BCUT2D eigenvalue weighted by atomic mass is 32.2. The largest absolute Gasteiger partial charge is 0.497 e. The molecule has 238 valence electrons. The van der Waals surface area contributed by atoms with E-state index in [1.165, 1.54) is 0 Å². The summed E-state index contributed by atoms with van der Waals surface area (Å²) in [6.07, 6.45) is 3.26. The molecule has 0 spiro atoms. The molecule has 0 radical (unpaired) electrons. The van der Waals surface area contributed by atoms with Crippen LogP contribution < -0.4 is 15.4 Å². The van der Waals surface area contributed by atoms with Crippen molar-refractivity contribution >= 4 is 35.4 Å². The molecule has 43 heavy (non-hydrogen) atoms. The number of hydrogen-bond donors (Lipinski definition) is 2. The molecule has 2 N–H and O–H groups in total. The van der Waals surface area contributed by atoms with Gasteiger partial charge in [0.2, 0.25) is 5.91 Å². The molecule has 9 heteroatoms. The lowest BCUT2D eigenvalue weighted by atomic mass is 9.95. The Kier molecular flexibility index (Phi) is 13.9. The molecule has 0 aliphatic rings. The standard InChI is InChI=1S/C34H51N3O5S/c1-22(2)11-13-25(5)37(32(39)29(19-20-43-10)36-33(40)42-34(6,7)8)30(26-14-12-23(3)24(4)21-26)31(38)35-27-15-17-28(41-9)18-16-27/h12,14-18,21-22,25,29-30H,11,13,19-20H2,1-10H3,(H,35,38)(H,36,40). The van der Waals surface area contributed by atoms with Crippen LogP contribution in [0.1, 0.15) is 83.5 Å². The number of ether oxygens (including phenoxy) is 2. The summed E-state index contributed by atoms with van der Waals surface area (Å²) in [4.78, 5) is 43.4. The molecule has 2 rings (SSSR count). The average molecular weight is 614 g/mol. The molecule has 0 aromatic heterocycles. The quantitative estimate of drug-likeness (QED) is 0.232. The molecule has 0 bridgehead atoms. The van der Waals surface area contributed by atoms with Crippen molar-refractivity contribution in [3.05, 3.63) is 59.2 Å². The SMILES string of the molecule is COc1ccc(NC(=O)C(c2ccc(C)c(C)c2)N(C(=O)C(CCSC)NC(=O)OC(C)(C)C)C(C)CCC(C)C)cc1. The van der Waals surface area contributed by atoms with Crippen molar-refractivity contribution in [2.24, 2.45) is 5.92 Å². The lowest BCUT2D eigenvalue weighted by molar-refractivity contribution is -0.143. The number of aryl methyl sites for hydroxylation is 2. The molecule has 0 aliphatic heterocycles. The fourth-order valence-electron chi connectivity index (χ4n) is 4.69. The Morgan fingerprint density at radius 2 is 1.58 bits per heavy atom. The number of hydrogen-bond acceptors (Lipinski definition) is 6. The summed E-state index contributed by atoms with van der Waals surface area (Å²) in [6.45, 7) is 15.6. The van der Waals surface area contributed by atoms with Crippen LogP contribution in [0.4, 0.5) is 10.5 Å². The van der Waals surface area contributed by atoms with E-state index in [4.69, 9.17) is 9.47 Å². The number of methoxy groups -OCH3 is 1. The van der Waals surface area contributed by atoms with E-state index >= 15 is 0 Å². The van der Waals surface area contributed by atoms with Gasteiger partial charge < -0.3 is 25.0 Å². The summed E-state index contributed by atoms with van der Waals surface area (Å²) in [5.41, 5.74) is 2.69. The molecule has 0 heterocycles. The van der Waals surface area contributed by atoms with E-state index in [1.807, 2.05) is 45.2 Å². The van der Waals surface area contributed by atoms with Crippen molar-refractivity contribution in [1.82, 2.24) is 10.2 Å². The number of nitrogens with zero attached hydrogens (tertiary/aromatic N) is 1. The maximum Gasteiger partial charge on any atom is 0.408 e. The molecule has 3 unspecified atom stereocenters. The lowest BCUT2D eigenvalue weighted by Gasteiger charge is -2.39. The first-order chi connectivity index (χ1) is 20.2. The number of alkyl carbamates (subject to hydrolysis) is 1. The van der Waals surface area contributed by atoms with E-state index in [1.54, 1.807) is 68.8 Å². The van der Waals surface area contributed by atoms with Crippen molar-refractivity contribution in [3.8, 4) is 5.75 Å². The molecular weight excluding hydrogens is 562 g/mol. The Balaban J connectivity index is 2.64. The van der Waals surface area contributed by atoms with Crippen molar-refractivity contribution in [2.45, 2.75) is 98.4 Å². The van der Waals surface area contributed by atoms with Crippen LogP contribution in [0.3, 0.4) is 0 Å². The minimum Gasteiger partial charge on any atom is -0.497 e. The van der Waals surface area contributed by atoms with Crippen molar-refractivity contribution in [3.63, 3.8) is 0 Å². The van der Waals surface area contributed by atoms with Gasteiger partial charge in [0.1, 0.15) is 23.4 Å². The fraction of sp³-hybridized carbons (Fsp3) is 0.559. The van der Waals surface area contributed by atoms with Crippen LogP contribution in [0.25, 0.3) is 0 Å². The number of benzene rings is 2. The predicted molar refractivity (Wildman–Crippen MR) is 177 cm³/mol.